The topological polar surface area (TPSA) is 53.4 Å². The van der Waals surface area contributed by atoms with Crippen molar-refractivity contribution < 1.29 is 9.90 Å². The zero-order valence-corrected chi connectivity index (χ0v) is 11.2. The van der Waals surface area contributed by atoms with E-state index < -0.39 is 5.97 Å². The second-order valence-electron chi connectivity index (χ2n) is 4.58. The molecule has 1 aromatic heterocycles. The molecule has 1 heterocycles. The van der Waals surface area contributed by atoms with Crippen molar-refractivity contribution in [3.8, 4) is 0 Å². The van der Waals surface area contributed by atoms with Crippen molar-refractivity contribution >= 4 is 5.97 Å². The Morgan fingerprint density at radius 1 is 1.44 bits per heavy atom. The number of aromatic nitrogens is 1. The molecule has 4 nitrogen and oxygen atoms in total. The molecule has 0 aliphatic rings. The highest BCUT2D eigenvalue weighted by molar-refractivity contribution is 5.73. The molecule has 1 rings (SSSR count). The average molecular weight is 250 g/mol. The Kier molecular flexibility index (Phi) is 6.36. The Balaban J connectivity index is 2.46. The van der Waals surface area contributed by atoms with Crippen LogP contribution in [0.15, 0.2) is 24.5 Å². The van der Waals surface area contributed by atoms with Crippen molar-refractivity contribution in [2.75, 3.05) is 13.6 Å². The normalized spacial score (nSPS) is 12.6. The summed E-state index contributed by atoms with van der Waals surface area (Å²) in [5.41, 5.74) is 1.19. The molecule has 0 fully saturated rings. The van der Waals surface area contributed by atoms with Gasteiger partial charge in [-0.1, -0.05) is 19.8 Å². The minimum atomic E-state index is -0.722. The molecule has 18 heavy (non-hydrogen) atoms. The molecule has 1 N–H and O–H groups in total. The van der Waals surface area contributed by atoms with E-state index in [0.717, 1.165) is 32.2 Å². The number of unbranched alkanes of at least 4 members (excludes halogenated alkanes) is 1. The fourth-order valence-corrected chi connectivity index (χ4v) is 1.94. The summed E-state index contributed by atoms with van der Waals surface area (Å²) in [6.45, 7) is 2.83. The summed E-state index contributed by atoms with van der Waals surface area (Å²) in [5.74, 6) is -0.722. The molecule has 0 aromatic carbocycles. The predicted octanol–water partition coefficient (Wildman–Crippen LogP) is 2.20. The van der Waals surface area contributed by atoms with Gasteiger partial charge in [-0.25, -0.2) is 0 Å². The molecule has 0 aliphatic heterocycles. The fraction of sp³-hybridized carbons (Fsp3) is 0.571. The summed E-state index contributed by atoms with van der Waals surface area (Å²) >= 11 is 0. The van der Waals surface area contributed by atoms with Crippen LogP contribution >= 0.6 is 0 Å². The van der Waals surface area contributed by atoms with Crippen LogP contribution in [0, 0.1) is 0 Å². The van der Waals surface area contributed by atoms with Gasteiger partial charge in [0.15, 0.2) is 0 Å². The fourth-order valence-electron chi connectivity index (χ4n) is 1.94. The first-order chi connectivity index (χ1) is 8.65. The monoisotopic (exact) mass is 250 g/mol. The molecule has 0 bridgehead atoms. The van der Waals surface area contributed by atoms with Gasteiger partial charge in [-0.3, -0.25) is 14.7 Å². The van der Waals surface area contributed by atoms with Gasteiger partial charge in [0.2, 0.25) is 0 Å². The van der Waals surface area contributed by atoms with E-state index in [9.17, 15) is 9.90 Å². The van der Waals surface area contributed by atoms with Crippen LogP contribution in [0.1, 0.15) is 31.7 Å². The second kappa shape index (κ2) is 7.82. The van der Waals surface area contributed by atoms with Gasteiger partial charge in [-0.2, -0.15) is 0 Å². The number of hydrogen-bond acceptors (Lipinski definition) is 3. The number of hydrogen-bond donors (Lipinski definition) is 1. The standard InChI is InChI=1S/C14H22N2O2/c1-3-4-5-13(14(17)18)16(2)11-8-12-6-9-15-10-7-12/h6-7,9-10,13H,3-5,8,11H2,1-2H3,(H,17,18). The molecule has 0 amide bonds. The number of likely N-dealkylation sites (N-methyl/N-ethyl adjacent to an activating group) is 1. The smallest absolute Gasteiger partial charge is 0.320 e. The molecule has 1 unspecified atom stereocenters. The maximum Gasteiger partial charge on any atom is 0.320 e. The van der Waals surface area contributed by atoms with Crippen LogP contribution in [0.5, 0.6) is 0 Å². The van der Waals surface area contributed by atoms with E-state index in [-0.39, 0.29) is 6.04 Å². The zero-order chi connectivity index (χ0) is 13.4. The molecule has 1 aromatic rings. The van der Waals surface area contributed by atoms with Crippen molar-refractivity contribution in [2.24, 2.45) is 0 Å². The van der Waals surface area contributed by atoms with E-state index >= 15 is 0 Å². The number of carboxylic acids is 1. The first kappa shape index (κ1) is 14.6. The van der Waals surface area contributed by atoms with Crippen LogP contribution in [0.3, 0.4) is 0 Å². The second-order valence-corrected chi connectivity index (χ2v) is 4.58. The predicted molar refractivity (Wildman–Crippen MR) is 71.5 cm³/mol. The van der Waals surface area contributed by atoms with Gasteiger partial charge >= 0.3 is 5.97 Å². The Labute approximate surface area is 109 Å². The van der Waals surface area contributed by atoms with Crippen LogP contribution in [-0.4, -0.2) is 40.6 Å². The lowest BCUT2D eigenvalue weighted by Gasteiger charge is -2.24. The lowest BCUT2D eigenvalue weighted by molar-refractivity contribution is -0.143. The van der Waals surface area contributed by atoms with Crippen molar-refractivity contribution in [3.05, 3.63) is 30.1 Å². The number of pyridine rings is 1. The highest BCUT2D eigenvalue weighted by Crippen LogP contribution is 2.09. The Morgan fingerprint density at radius 2 is 2.11 bits per heavy atom. The molecule has 0 spiro atoms. The Morgan fingerprint density at radius 3 is 2.67 bits per heavy atom. The minimum Gasteiger partial charge on any atom is -0.480 e. The summed E-state index contributed by atoms with van der Waals surface area (Å²) < 4.78 is 0. The molecule has 0 saturated heterocycles. The van der Waals surface area contributed by atoms with Crippen molar-refractivity contribution in [1.29, 1.82) is 0 Å². The first-order valence-corrected chi connectivity index (χ1v) is 6.47. The molecule has 0 saturated carbocycles. The summed E-state index contributed by atoms with van der Waals surface area (Å²) in [6, 6.07) is 3.57. The van der Waals surface area contributed by atoms with Gasteiger partial charge in [0, 0.05) is 18.9 Å². The van der Waals surface area contributed by atoms with Crippen LogP contribution in [0.4, 0.5) is 0 Å². The number of nitrogens with zero attached hydrogens (tertiary/aromatic N) is 2. The molecule has 1 atom stereocenters. The van der Waals surface area contributed by atoms with Gasteiger partial charge in [-0.05, 0) is 37.6 Å². The van der Waals surface area contributed by atoms with Crippen LogP contribution in [-0.2, 0) is 11.2 Å². The van der Waals surface area contributed by atoms with Crippen LogP contribution in [0.2, 0.25) is 0 Å². The zero-order valence-electron chi connectivity index (χ0n) is 11.2. The summed E-state index contributed by atoms with van der Waals surface area (Å²) in [5, 5.41) is 9.22. The molecule has 100 valence electrons. The lowest BCUT2D eigenvalue weighted by atomic mass is 10.1. The third kappa shape index (κ3) is 4.84. The Bertz CT molecular complexity index is 354. The minimum absolute atomic E-state index is 0.369. The van der Waals surface area contributed by atoms with Crippen molar-refractivity contribution in [3.63, 3.8) is 0 Å². The average Bonchev–Trinajstić information content (AvgIpc) is 2.37. The number of aliphatic carboxylic acids is 1. The van der Waals surface area contributed by atoms with Crippen molar-refractivity contribution in [2.45, 2.75) is 38.6 Å². The largest absolute Gasteiger partial charge is 0.480 e. The van der Waals surface area contributed by atoms with Gasteiger partial charge in [-0.15, -0.1) is 0 Å². The highest BCUT2D eigenvalue weighted by Gasteiger charge is 2.21. The van der Waals surface area contributed by atoms with E-state index in [1.54, 1.807) is 12.4 Å². The first-order valence-electron chi connectivity index (χ1n) is 6.47. The molecule has 0 aliphatic carbocycles. The summed E-state index contributed by atoms with van der Waals surface area (Å²) in [6.07, 6.45) is 7.09. The summed E-state index contributed by atoms with van der Waals surface area (Å²) in [7, 11) is 1.88. The van der Waals surface area contributed by atoms with E-state index in [2.05, 4.69) is 11.9 Å². The van der Waals surface area contributed by atoms with Gasteiger partial charge < -0.3 is 5.11 Å². The molecule has 0 radical (unpaired) electrons. The maximum absolute atomic E-state index is 11.2. The maximum atomic E-state index is 11.2. The highest BCUT2D eigenvalue weighted by atomic mass is 16.4. The van der Waals surface area contributed by atoms with E-state index in [1.807, 2.05) is 24.1 Å². The molecular formula is C14H22N2O2. The molecule has 4 heteroatoms. The van der Waals surface area contributed by atoms with Crippen LogP contribution in [0.25, 0.3) is 0 Å². The van der Waals surface area contributed by atoms with E-state index in [0.29, 0.717) is 0 Å². The Hall–Kier alpha value is -1.42. The number of rotatable bonds is 8. The lowest BCUT2D eigenvalue weighted by Crippen LogP contribution is -2.39. The van der Waals surface area contributed by atoms with Gasteiger partial charge in [0.1, 0.15) is 6.04 Å². The number of carbonyl (C=O) groups is 1. The van der Waals surface area contributed by atoms with E-state index in [4.69, 9.17) is 0 Å². The quantitative estimate of drug-likeness (QED) is 0.768. The number of carboxylic acid groups (broad SMARTS) is 1. The van der Waals surface area contributed by atoms with Gasteiger partial charge in [0.25, 0.3) is 0 Å². The molecular weight excluding hydrogens is 228 g/mol. The third-order valence-electron chi connectivity index (χ3n) is 3.15. The third-order valence-corrected chi connectivity index (χ3v) is 3.15. The van der Waals surface area contributed by atoms with Crippen molar-refractivity contribution in [1.82, 2.24) is 9.88 Å². The SMILES string of the molecule is CCCCC(C(=O)O)N(C)CCc1ccncc1. The van der Waals surface area contributed by atoms with Crippen LogP contribution < -0.4 is 0 Å². The van der Waals surface area contributed by atoms with Gasteiger partial charge in [0.05, 0.1) is 0 Å². The van der Waals surface area contributed by atoms with E-state index in [1.165, 1.54) is 5.56 Å². The summed E-state index contributed by atoms with van der Waals surface area (Å²) in [4.78, 5) is 17.1.